The van der Waals surface area contributed by atoms with Crippen molar-refractivity contribution in [2.24, 2.45) is 5.73 Å². The zero-order chi connectivity index (χ0) is 11.8. The lowest BCUT2D eigenvalue weighted by molar-refractivity contribution is 0.594. The average Bonchev–Trinajstić information content (AvgIpc) is 2.24. The van der Waals surface area contributed by atoms with Crippen molar-refractivity contribution < 1.29 is 4.39 Å². The molecule has 0 spiro atoms. The van der Waals surface area contributed by atoms with Crippen molar-refractivity contribution in [2.45, 2.75) is 32.2 Å². The highest BCUT2D eigenvalue weighted by Crippen LogP contribution is 2.10. The van der Waals surface area contributed by atoms with Crippen LogP contribution in [0.1, 0.15) is 25.3 Å². The summed E-state index contributed by atoms with van der Waals surface area (Å²) >= 11 is 1.94. The molecule has 0 fully saturated rings. The lowest BCUT2D eigenvalue weighted by atomic mass is 10.0. The van der Waals surface area contributed by atoms with Crippen LogP contribution in [-0.4, -0.2) is 17.5 Å². The van der Waals surface area contributed by atoms with Gasteiger partial charge in [0.05, 0.1) is 0 Å². The molecule has 1 aromatic carbocycles. The fourth-order valence-electron chi connectivity index (χ4n) is 1.66. The second-order valence-electron chi connectivity index (χ2n) is 3.93. The van der Waals surface area contributed by atoms with Crippen LogP contribution in [0.5, 0.6) is 0 Å². The van der Waals surface area contributed by atoms with Crippen LogP contribution in [0.2, 0.25) is 0 Å². The maximum absolute atomic E-state index is 12.9. The fourth-order valence-corrected chi connectivity index (χ4v) is 2.32. The predicted octanol–water partition coefficient (Wildman–Crippen LogP) is 3.23. The molecule has 90 valence electrons. The van der Waals surface area contributed by atoms with Crippen molar-refractivity contribution in [1.29, 1.82) is 0 Å². The number of hydrogen-bond donors (Lipinski definition) is 1. The zero-order valence-electron chi connectivity index (χ0n) is 9.79. The third-order valence-corrected chi connectivity index (χ3v) is 3.44. The highest BCUT2D eigenvalue weighted by atomic mass is 32.2. The number of hydrogen-bond acceptors (Lipinski definition) is 2. The summed E-state index contributed by atoms with van der Waals surface area (Å²) in [4.78, 5) is 0. The van der Waals surface area contributed by atoms with E-state index in [-0.39, 0.29) is 11.9 Å². The first-order valence-electron chi connectivity index (χ1n) is 5.80. The van der Waals surface area contributed by atoms with E-state index in [1.54, 1.807) is 12.1 Å². The van der Waals surface area contributed by atoms with Crippen LogP contribution < -0.4 is 5.73 Å². The second kappa shape index (κ2) is 7.69. The molecule has 2 N–H and O–H groups in total. The van der Waals surface area contributed by atoms with Crippen molar-refractivity contribution in [3.05, 3.63) is 35.6 Å². The van der Waals surface area contributed by atoms with Gasteiger partial charge in [0.15, 0.2) is 0 Å². The van der Waals surface area contributed by atoms with Crippen LogP contribution in [0.25, 0.3) is 0 Å². The van der Waals surface area contributed by atoms with Crippen molar-refractivity contribution in [1.82, 2.24) is 0 Å². The Kier molecular flexibility index (Phi) is 6.50. The second-order valence-corrected chi connectivity index (χ2v) is 5.33. The van der Waals surface area contributed by atoms with Crippen LogP contribution >= 0.6 is 11.8 Å². The molecule has 0 amide bonds. The molecule has 1 unspecified atom stereocenters. The lowest BCUT2D eigenvalue weighted by Crippen LogP contribution is -2.22. The smallest absolute Gasteiger partial charge is 0.123 e. The Balaban J connectivity index is 2.25. The molecule has 0 aromatic heterocycles. The molecule has 0 saturated heterocycles. The minimum atomic E-state index is -0.175. The Labute approximate surface area is 102 Å². The van der Waals surface area contributed by atoms with Crippen molar-refractivity contribution in [2.75, 3.05) is 11.5 Å². The SMILES string of the molecule is CCSCCCC(N)Cc1cccc(F)c1. The number of benzene rings is 1. The van der Waals surface area contributed by atoms with E-state index in [0.717, 1.165) is 24.8 Å². The Bertz CT molecular complexity index is 304. The summed E-state index contributed by atoms with van der Waals surface area (Å²) in [5.41, 5.74) is 7.00. The van der Waals surface area contributed by atoms with Gasteiger partial charge in [-0.3, -0.25) is 0 Å². The molecular formula is C13H20FNS. The first-order chi connectivity index (χ1) is 7.72. The first kappa shape index (κ1) is 13.5. The van der Waals surface area contributed by atoms with E-state index in [1.807, 2.05) is 17.8 Å². The number of thioether (sulfide) groups is 1. The van der Waals surface area contributed by atoms with Gasteiger partial charge >= 0.3 is 0 Å². The van der Waals surface area contributed by atoms with Crippen LogP contribution in [-0.2, 0) is 6.42 Å². The Morgan fingerprint density at radius 3 is 2.94 bits per heavy atom. The molecule has 0 radical (unpaired) electrons. The number of halogens is 1. The number of nitrogens with two attached hydrogens (primary N) is 1. The van der Waals surface area contributed by atoms with E-state index >= 15 is 0 Å². The van der Waals surface area contributed by atoms with Gasteiger partial charge in [-0.2, -0.15) is 11.8 Å². The summed E-state index contributed by atoms with van der Waals surface area (Å²) in [6, 6.07) is 6.86. The highest BCUT2D eigenvalue weighted by molar-refractivity contribution is 7.99. The molecule has 0 saturated carbocycles. The van der Waals surface area contributed by atoms with Gasteiger partial charge in [-0.25, -0.2) is 4.39 Å². The standard InChI is InChI=1S/C13H20FNS/c1-2-16-8-4-7-13(15)10-11-5-3-6-12(14)9-11/h3,5-6,9,13H,2,4,7-8,10,15H2,1H3. The van der Waals surface area contributed by atoms with E-state index in [4.69, 9.17) is 5.73 Å². The van der Waals surface area contributed by atoms with E-state index in [1.165, 1.54) is 17.6 Å². The van der Waals surface area contributed by atoms with Gasteiger partial charge in [0.25, 0.3) is 0 Å². The normalized spacial score (nSPS) is 12.7. The van der Waals surface area contributed by atoms with Crippen molar-refractivity contribution in [3.8, 4) is 0 Å². The Morgan fingerprint density at radius 2 is 2.25 bits per heavy atom. The summed E-state index contributed by atoms with van der Waals surface area (Å²) in [5, 5.41) is 0. The molecule has 0 aliphatic carbocycles. The highest BCUT2D eigenvalue weighted by Gasteiger charge is 2.04. The molecule has 0 heterocycles. The van der Waals surface area contributed by atoms with Gasteiger partial charge in [-0.1, -0.05) is 19.1 Å². The Morgan fingerprint density at radius 1 is 1.44 bits per heavy atom. The lowest BCUT2D eigenvalue weighted by Gasteiger charge is -2.11. The molecule has 0 bridgehead atoms. The molecule has 0 aliphatic rings. The third-order valence-electron chi connectivity index (χ3n) is 2.45. The Hall–Kier alpha value is -0.540. The van der Waals surface area contributed by atoms with Gasteiger partial charge in [0.1, 0.15) is 5.82 Å². The van der Waals surface area contributed by atoms with Crippen LogP contribution in [0.15, 0.2) is 24.3 Å². The van der Waals surface area contributed by atoms with E-state index in [9.17, 15) is 4.39 Å². The predicted molar refractivity (Wildman–Crippen MR) is 70.3 cm³/mol. The van der Waals surface area contributed by atoms with Crippen molar-refractivity contribution in [3.63, 3.8) is 0 Å². The minimum absolute atomic E-state index is 0.152. The molecular weight excluding hydrogens is 221 g/mol. The summed E-state index contributed by atoms with van der Waals surface area (Å²) in [6.07, 6.45) is 2.94. The molecule has 0 aliphatic heterocycles. The molecule has 1 rings (SSSR count). The quantitative estimate of drug-likeness (QED) is 0.742. The van der Waals surface area contributed by atoms with Gasteiger partial charge in [-0.05, 0) is 48.5 Å². The maximum Gasteiger partial charge on any atom is 0.123 e. The van der Waals surface area contributed by atoms with E-state index in [0.29, 0.717) is 0 Å². The summed E-state index contributed by atoms with van der Waals surface area (Å²) < 4.78 is 12.9. The van der Waals surface area contributed by atoms with Gasteiger partial charge in [0, 0.05) is 6.04 Å². The fraction of sp³-hybridized carbons (Fsp3) is 0.538. The van der Waals surface area contributed by atoms with E-state index in [2.05, 4.69) is 6.92 Å². The molecule has 1 nitrogen and oxygen atoms in total. The zero-order valence-corrected chi connectivity index (χ0v) is 10.6. The summed E-state index contributed by atoms with van der Waals surface area (Å²) in [5.74, 6) is 2.16. The van der Waals surface area contributed by atoms with E-state index < -0.39 is 0 Å². The van der Waals surface area contributed by atoms with Gasteiger partial charge < -0.3 is 5.73 Å². The molecule has 3 heteroatoms. The van der Waals surface area contributed by atoms with Gasteiger partial charge in [-0.15, -0.1) is 0 Å². The maximum atomic E-state index is 12.9. The summed E-state index contributed by atoms with van der Waals surface area (Å²) in [6.45, 7) is 2.16. The number of rotatable bonds is 7. The van der Waals surface area contributed by atoms with Crippen LogP contribution in [0.3, 0.4) is 0 Å². The molecule has 1 atom stereocenters. The minimum Gasteiger partial charge on any atom is -0.327 e. The summed E-state index contributed by atoms with van der Waals surface area (Å²) in [7, 11) is 0. The monoisotopic (exact) mass is 241 g/mol. The van der Waals surface area contributed by atoms with Gasteiger partial charge in [0.2, 0.25) is 0 Å². The molecule has 16 heavy (non-hydrogen) atoms. The topological polar surface area (TPSA) is 26.0 Å². The largest absolute Gasteiger partial charge is 0.327 e. The van der Waals surface area contributed by atoms with Crippen LogP contribution in [0.4, 0.5) is 4.39 Å². The van der Waals surface area contributed by atoms with Crippen molar-refractivity contribution >= 4 is 11.8 Å². The average molecular weight is 241 g/mol. The van der Waals surface area contributed by atoms with Crippen LogP contribution in [0, 0.1) is 5.82 Å². The first-order valence-corrected chi connectivity index (χ1v) is 6.95. The molecule has 1 aromatic rings. The third kappa shape index (κ3) is 5.52.